The summed E-state index contributed by atoms with van der Waals surface area (Å²) in [7, 11) is 2.92. The molecule has 1 unspecified atom stereocenters. The summed E-state index contributed by atoms with van der Waals surface area (Å²) < 4.78 is 16.2. The number of furan rings is 1. The van der Waals surface area contributed by atoms with Gasteiger partial charge in [0.2, 0.25) is 5.78 Å². The summed E-state index contributed by atoms with van der Waals surface area (Å²) >= 11 is 0. The zero-order valence-electron chi connectivity index (χ0n) is 17.9. The molecule has 1 atom stereocenters. The van der Waals surface area contributed by atoms with E-state index in [1.54, 1.807) is 36.4 Å². The molecule has 0 saturated carbocycles. The van der Waals surface area contributed by atoms with Crippen molar-refractivity contribution in [2.45, 2.75) is 19.4 Å². The Balaban J connectivity index is 1.83. The van der Waals surface area contributed by atoms with Crippen LogP contribution < -0.4 is 9.47 Å². The summed E-state index contributed by atoms with van der Waals surface area (Å²) in [6.45, 7) is 2.20. The monoisotopic (exact) mass is 437 g/mol. The molecule has 0 saturated heterocycles. The Kier molecular flexibility index (Phi) is 5.52. The first kappa shape index (κ1) is 21.3. The number of Topliss-reactive ketones (excluding diaryl/α,β-unsaturated/α-hetero) is 1. The second-order valence-corrected chi connectivity index (χ2v) is 7.41. The minimum atomic E-state index is -0.887. The largest absolute Gasteiger partial charge is 0.504 e. The van der Waals surface area contributed by atoms with Gasteiger partial charge in [-0.15, -0.1) is 0 Å². The summed E-state index contributed by atoms with van der Waals surface area (Å²) in [4.78, 5) is 27.7. The fourth-order valence-electron chi connectivity index (χ4n) is 4.02. The molecule has 32 heavy (non-hydrogen) atoms. The first-order valence-corrected chi connectivity index (χ1v) is 10.1. The Morgan fingerprint density at radius 1 is 1.09 bits per heavy atom. The Morgan fingerprint density at radius 3 is 2.50 bits per heavy atom. The molecule has 0 spiro atoms. The van der Waals surface area contributed by atoms with Crippen molar-refractivity contribution in [1.29, 1.82) is 0 Å². The average molecular weight is 437 g/mol. The van der Waals surface area contributed by atoms with Crippen molar-refractivity contribution in [3.63, 3.8) is 0 Å². The molecule has 8 nitrogen and oxygen atoms in total. The number of aliphatic hydroxyl groups is 1. The van der Waals surface area contributed by atoms with E-state index >= 15 is 0 Å². The lowest BCUT2D eigenvalue weighted by Gasteiger charge is -2.26. The second kappa shape index (κ2) is 8.30. The highest BCUT2D eigenvalue weighted by Gasteiger charge is 2.44. The summed E-state index contributed by atoms with van der Waals surface area (Å²) in [6.07, 6.45) is 0.612. The number of nitrogens with zero attached hydrogens (tertiary/aromatic N) is 1. The van der Waals surface area contributed by atoms with Gasteiger partial charge in [0.15, 0.2) is 34.4 Å². The van der Waals surface area contributed by atoms with Crippen LogP contribution in [0.3, 0.4) is 0 Å². The number of aliphatic hydroxyl groups excluding tert-OH is 1. The number of hydrogen-bond acceptors (Lipinski definition) is 7. The zero-order valence-corrected chi connectivity index (χ0v) is 17.9. The second-order valence-electron chi connectivity index (χ2n) is 7.41. The van der Waals surface area contributed by atoms with Crippen molar-refractivity contribution in [1.82, 2.24) is 4.90 Å². The van der Waals surface area contributed by atoms with Crippen LogP contribution in [0.5, 0.6) is 17.2 Å². The number of amides is 1. The number of phenolic OH excluding ortho intramolecular Hbond substituents is 1. The van der Waals surface area contributed by atoms with Crippen LogP contribution in [0.1, 0.15) is 35.5 Å². The third kappa shape index (κ3) is 3.33. The third-order valence-electron chi connectivity index (χ3n) is 5.48. The SMILES string of the molecule is CCCN1C(=O)C(O)=C(C(=O)c2cc3cccc(OC)c3o2)C1c1ccc(OC)c(O)c1. The highest BCUT2D eigenvalue weighted by molar-refractivity contribution is 6.16. The van der Waals surface area contributed by atoms with Crippen LogP contribution in [-0.2, 0) is 4.79 Å². The molecular weight excluding hydrogens is 414 g/mol. The number of methoxy groups -OCH3 is 2. The number of para-hydroxylation sites is 1. The van der Waals surface area contributed by atoms with Gasteiger partial charge in [-0.05, 0) is 36.2 Å². The minimum Gasteiger partial charge on any atom is -0.504 e. The van der Waals surface area contributed by atoms with E-state index in [2.05, 4.69) is 0 Å². The number of aromatic hydroxyl groups is 1. The Morgan fingerprint density at radius 2 is 1.84 bits per heavy atom. The maximum absolute atomic E-state index is 13.5. The molecule has 4 rings (SSSR count). The van der Waals surface area contributed by atoms with E-state index in [0.717, 1.165) is 0 Å². The van der Waals surface area contributed by atoms with E-state index in [9.17, 15) is 19.8 Å². The zero-order chi connectivity index (χ0) is 23.0. The number of hydrogen-bond donors (Lipinski definition) is 2. The third-order valence-corrected chi connectivity index (χ3v) is 5.48. The molecule has 3 aromatic rings. The van der Waals surface area contributed by atoms with E-state index in [1.165, 1.54) is 25.2 Å². The number of phenols is 1. The van der Waals surface area contributed by atoms with Crippen LogP contribution >= 0.6 is 0 Å². The summed E-state index contributed by atoms with van der Waals surface area (Å²) in [6, 6.07) is 10.5. The molecule has 2 aromatic carbocycles. The fraction of sp³-hybridized carbons (Fsp3) is 0.250. The van der Waals surface area contributed by atoms with Crippen molar-refractivity contribution in [2.24, 2.45) is 0 Å². The van der Waals surface area contributed by atoms with E-state index in [4.69, 9.17) is 13.9 Å². The normalized spacial score (nSPS) is 16.2. The molecule has 0 radical (unpaired) electrons. The predicted molar refractivity (Wildman–Crippen MR) is 116 cm³/mol. The number of carbonyl (C=O) groups excluding carboxylic acids is 2. The van der Waals surface area contributed by atoms with Crippen LogP contribution in [0.2, 0.25) is 0 Å². The molecule has 1 aliphatic rings. The van der Waals surface area contributed by atoms with Gasteiger partial charge < -0.3 is 29.0 Å². The van der Waals surface area contributed by atoms with Crippen molar-refractivity contribution < 1.29 is 33.7 Å². The molecule has 166 valence electrons. The lowest BCUT2D eigenvalue weighted by Crippen LogP contribution is -2.31. The van der Waals surface area contributed by atoms with Gasteiger partial charge in [0, 0.05) is 11.9 Å². The first-order valence-electron chi connectivity index (χ1n) is 10.1. The van der Waals surface area contributed by atoms with Crippen LogP contribution in [0.15, 0.2) is 58.2 Å². The van der Waals surface area contributed by atoms with Gasteiger partial charge >= 0.3 is 0 Å². The van der Waals surface area contributed by atoms with E-state index in [-0.39, 0.29) is 22.8 Å². The maximum Gasteiger partial charge on any atom is 0.290 e. The molecule has 0 aliphatic carbocycles. The molecule has 2 heterocycles. The van der Waals surface area contributed by atoms with Crippen molar-refractivity contribution in [3.8, 4) is 17.2 Å². The standard InChI is InChI=1S/C24H23NO7/c1-4-10-25-20(13-8-9-16(30-2)15(26)11-13)19(22(28)24(25)29)21(27)18-12-14-6-5-7-17(31-3)23(14)32-18/h5-9,11-12,20,26,28H,4,10H2,1-3H3. The van der Waals surface area contributed by atoms with Crippen LogP contribution in [0.25, 0.3) is 11.0 Å². The van der Waals surface area contributed by atoms with Crippen molar-refractivity contribution in [2.75, 3.05) is 20.8 Å². The molecule has 0 bridgehead atoms. The van der Waals surface area contributed by atoms with Crippen molar-refractivity contribution >= 4 is 22.7 Å². The highest BCUT2D eigenvalue weighted by atomic mass is 16.5. The molecule has 8 heteroatoms. The van der Waals surface area contributed by atoms with Crippen LogP contribution in [0, 0.1) is 0 Å². The van der Waals surface area contributed by atoms with Gasteiger partial charge in [0.05, 0.1) is 25.8 Å². The highest BCUT2D eigenvalue weighted by Crippen LogP contribution is 2.42. The molecule has 1 amide bonds. The minimum absolute atomic E-state index is 0.0278. The Bertz CT molecular complexity index is 1240. The van der Waals surface area contributed by atoms with E-state index in [0.29, 0.717) is 35.2 Å². The number of ether oxygens (including phenoxy) is 2. The molecule has 0 fully saturated rings. The van der Waals surface area contributed by atoms with Crippen LogP contribution in [0.4, 0.5) is 0 Å². The summed E-state index contributed by atoms with van der Waals surface area (Å²) in [5.41, 5.74) is 0.754. The average Bonchev–Trinajstić information content (AvgIpc) is 3.34. The number of fused-ring (bicyclic) bond motifs is 1. The van der Waals surface area contributed by atoms with Gasteiger partial charge in [-0.25, -0.2) is 0 Å². The molecule has 1 aliphatic heterocycles. The topological polar surface area (TPSA) is 109 Å². The number of carbonyl (C=O) groups is 2. The van der Waals surface area contributed by atoms with Gasteiger partial charge in [-0.1, -0.05) is 25.1 Å². The van der Waals surface area contributed by atoms with E-state index < -0.39 is 23.5 Å². The van der Waals surface area contributed by atoms with Gasteiger partial charge in [0.1, 0.15) is 0 Å². The fourth-order valence-corrected chi connectivity index (χ4v) is 4.02. The predicted octanol–water partition coefficient (Wildman–Crippen LogP) is 4.14. The molecular formula is C24H23NO7. The van der Waals surface area contributed by atoms with Gasteiger partial charge in [-0.2, -0.15) is 0 Å². The lowest BCUT2D eigenvalue weighted by molar-refractivity contribution is -0.129. The Labute approximate surface area is 184 Å². The summed E-state index contributed by atoms with van der Waals surface area (Å²) in [5.74, 6) is -1.34. The molecule has 1 aromatic heterocycles. The number of benzene rings is 2. The number of rotatable bonds is 7. The van der Waals surface area contributed by atoms with E-state index in [1.807, 2.05) is 6.92 Å². The first-order chi connectivity index (χ1) is 15.4. The molecule has 2 N–H and O–H groups in total. The smallest absolute Gasteiger partial charge is 0.290 e. The number of ketones is 1. The van der Waals surface area contributed by atoms with Gasteiger partial charge in [-0.3, -0.25) is 9.59 Å². The quantitative estimate of drug-likeness (QED) is 0.535. The van der Waals surface area contributed by atoms with Gasteiger partial charge in [0.25, 0.3) is 5.91 Å². The lowest BCUT2D eigenvalue weighted by atomic mass is 9.94. The van der Waals surface area contributed by atoms with Crippen molar-refractivity contribution in [3.05, 3.63) is 65.1 Å². The van der Waals surface area contributed by atoms with Crippen LogP contribution in [-0.4, -0.2) is 47.6 Å². The summed E-state index contributed by atoms with van der Waals surface area (Å²) in [5, 5.41) is 21.6. The Hall–Kier alpha value is -3.94. The maximum atomic E-state index is 13.5.